The Bertz CT molecular complexity index is 790. The number of carbonyl (C=O) groups excluding carboxylic acids is 2. The summed E-state index contributed by atoms with van der Waals surface area (Å²) in [6.07, 6.45) is 1.90. The van der Waals surface area contributed by atoms with E-state index in [4.69, 9.17) is 9.47 Å². The van der Waals surface area contributed by atoms with E-state index in [9.17, 15) is 9.59 Å². The first kappa shape index (κ1) is 19.0. The summed E-state index contributed by atoms with van der Waals surface area (Å²) in [6, 6.07) is 18.5. The van der Waals surface area contributed by atoms with Gasteiger partial charge in [-0.2, -0.15) is 0 Å². The lowest BCUT2D eigenvalue weighted by Crippen LogP contribution is -2.60. The third kappa shape index (κ3) is 4.32. The zero-order chi connectivity index (χ0) is 19.1. The maximum atomic E-state index is 13.1. The van der Waals surface area contributed by atoms with Gasteiger partial charge in [0.25, 0.3) is 11.8 Å². The van der Waals surface area contributed by atoms with Crippen LogP contribution in [0.1, 0.15) is 22.3 Å². The molecule has 3 rings (SSSR count). The number of imide groups is 1. The highest BCUT2D eigenvalue weighted by Crippen LogP contribution is 2.26. The molecule has 1 atom stereocenters. The summed E-state index contributed by atoms with van der Waals surface area (Å²) >= 11 is 0. The molecule has 0 aromatic heterocycles. The van der Waals surface area contributed by atoms with Gasteiger partial charge in [0.1, 0.15) is 0 Å². The zero-order valence-corrected chi connectivity index (χ0v) is 15.2. The van der Waals surface area contributed by atoms with Crippen LogP contribution in [0.5, 0.6) is 0 Å². The van der Waals surface area contributed by atoms with Crippen LogP contribution in [-0.4, -0.2) is 42.1 Å². The molecule has 1 aliphatic heterocycles. The molecular weight excluding hydrogens is 342 g/mol. The molecule has 2 amide bonds. The van der Waals surface area contributed by atoms with Gasteiger partial charge >= 0.3 is 0 Å². The van der Waals surface area contributed by atoms with Gasteiger partial charge in [-0.3, -0.25) is 14.5 Å². The number of rotatable bonds is 7. The van der Waals surface area contributed by atoms with Crippen LogP contribution in [0.4, 0.5) is 0 Å². The van der Waals surface area contributed by atoms with E-state index in [1.54, 1.807) is 30.3 Å². The Kier molecular flexibility index (Phi) is 6.16. The molecule has 0 N–H and O–H groups in total. The van der Waals surface area contributed by atoms with Crippen LogP contribution in [0.2, 0.25) is 0 Å². The van der Waals surface area contributed by atoms with Gasteiger partial charge in [0.15, 0.2) is 5.60 Å². The molecule has 5 nitrogen and oxygen atoms in total. The van der Waals surface area contributed by atoms with Gasteiger partial charge in [0.05, 0.1) is 26.4 Å². The van der Waals surface area contributed by atoms with E-state index in [1.165, 1.54) is 4.90 Å². The summed E-state index contributed by atoms with van der Waals surface area (Å²) in [4.78, 5) is 27.2. The monoisotopic (exact) mass is 365 g/mol. The van der Waals surface area contributed by atoms with Crippen LogP contribution in [0, 0.1) is 0 Å². The van der Waals surface area contributed by atoms with Crippen LogP contribution in [0.3, 0.4) is 0 Å². The number of ether oxygens (including phenoxy) is 2. The van der Waals surface area contributed by atoms with Crippen LogP contribution in [-0.2, 0) is 20.9 Å². The molecule has 5 heteroatoms. The standard InChI is InChI=1S/C22H23NO4/c1-2-13-22(17-26-16-18-9-5-3-6-10-18)21(25)23(14-15-27-22)20(24)19-11-7-4-8-12-19/h2-12H,1,13-17H2/t22-/m1/s1. The van der Waals surface area contributed by atoms with Crippen molar-refractivity contribution in [3.8, 4) is 0 Å². The van der Waals surface area contributed by atoms with Gasteiger partial charge in [0, 0.05) is 12.0 Å². The Morgan fingerprint density at radius 3 is 2.48 bits per heavy atom. The van der Waals surface area contributed by atoms with Crippen LogP contribution < -0.4 is 0 Å². The fourth-order valence-electron chi connectivity index (χ4n) is 3.12. The van der Waals surface area contributed by atoms with Crippen molar-refractivity contribution in [3.63, 3.8) is 0 Å². The Balaban J connectivity index is 1.74. The summed E-state index contributed by atoms with van der Waals surface area (Å²) < 4.78 is 11.6. The van der Waals surface area contributed by atoms with Crippen LogP contribution >= 0.6 is 0 Å². The van der Waals surface area contributed by atoms with E-state index in [-0.39, 0.29) is 38.0 Å². The fourth-order valence-corrected chi connectivity index (χ4v) is 3.12. The van der Waals surface area contributed by atoms with Gasteiger partial charge in [-0.05, 0) is 17.7 Å². The molecule has 0 saturated carbocycles. The molecule has 2 aromatic rings. The number of amides is 2. The largest absolute Gasteiger partial charge is 0.373 e. The highest BCUT2D eigenvalue weighted by Gasteiger charge is 2.47. The molecule has 1 saturated heterocycles. The molecule has 0 radical (unpaired) electrons. The lowest BCUT2D eigenvalue weighted by atomic mass is 9.96. The average molecular weight is 365 g/mol. The summed E-state index contributed by atoms with van der Waals surface area (Å²) in [5.74, 6) is -0.698. The van der Waals surface area contributed by atoms with E-state index in [0.717, 1.165) is 5.56 Å². The highest BCUT2D eigenvalue weighted by molar-refractivity contribution is 6.07. The van der Waals surface area contributed by atoms with Gasteiger partial charge < -0.3 is 9.47 Å². The number of carbonyl (C=O) groups is 2. The summed E-state index contributed by atoms with van der Waals surface area (Å²) in [5.41, 5.74) is 0.261. The summed E-state index contributed by atoms with van der Waals surface area (Å²) in [7, 11) is 0. The second-order valence-corrected chi connectivity index (χ2v) is 6.44. The number of hydrogen-bond acceptors (Lipinski definition) is 4. The molecule has 1 heterocycles. The lowest BCUT2D eigenvalue weighted by molar-refractivity contribution is -0.177. The Labute approximate surface area is 159 Å². The van der Waals surface area contributed by atoms with E-state index in [0.29, 0.717) is 12.2 Å². The fraction of sp³-hybridized carbons (Fsp3) is 0.273. The van der Waals surface area contributed by atoms with Crippen molar-refractivity contribution < 1.29 is 19.1 Å². The Hall–Kier alpha value is -2.76. The zero-order valence-electron chi connectivity index (χ0n) is 15.2. The second-order valence-electron chi connectivity index (χ2n) is 6.44. The first-order chi connectivity index (χ1) is 13.2. The summed E-state index contributed by atoms with van der Waals surface area (Å²) in [6.45, 7) is 4.66. The molecule has 1 fully saturated rings. The van der Waals surface area contributed by atoms with Gasteiger partial charge in [-0.1, -0.05) is 54.6 Å². The topological polar surface area (TPSA) is 55.8 Å². The number of benzene rings is 2. The molecule has 0 aliphatic carbocycles. The molecule has 0 unspecified atom stereocenters. The maximum Gasteiger partial charge on any atom is 0.264 e. The third-order valence-corrected chi connectivity index (χ3v) is 4.51. The van der Waals surface area contributed by atoms with Crippen molar-refractivity contribution in [2.24, 2.45) is 0 Å². The minimum absolute atomic E-state index is 0.0608. The summed E-state index contributed by atoms with van der Waals surface area (Å²) in [5, 5.41) is 0. The van der Waals surface area contributed by atoms with Gasteiger partial charge in [-0.25, -0.2) is 0 Å². The lowest BCUT2D eigenvalue weighted by Gasteiger charge is -2.40. The van der Waals surface area contributed by atoms with Crippen molar-refractivity contribution in [1.29, 1.82) is 0 Å². The predicted molar refractivity (Wildman–Crippen MR) is 102 cm³/mol. The molecule has 2 aromatic carbocycles. The number of nitrogens with zero attached hydrogens (tertiary/aromatic N) is 1. The SMILES string of the molecule is C=CC[C@]1(COCc2ccccc2)OCCN(C(=O)c2ccccc2)C1=O. The molecule has 0 bridgehead atoms. The number of morpholine rings is 1. The van der Waals surface area contributed by atoms with Crippen molar-refractivity contribution >= 4 is 11.8 Å². The normalized spacial score (nSPS) is 19.7. The van der Waals surface area contributed by atoms with Crippen LogP contribution in [0.15, 0.2) is 73.3 Å². The highest BCUT2D eigenvalue weighted by atomic mass is 16.5. The first-order valence-corrected chi connectivity index (χ1v) is 8.94. The molecule has 27 heavy (non-hydrogen) atoms. The van der Waals surface area contributed by atoms with Crippen LogP contribution in [0.25, 0.3) is 0 Å². The molecule has 140 valence electrons. The van der Waals surface area contributed by atoms with Crippen molar-refractivity contribution in [2.45, 2.75) is 18.6 Å². The van der Waals surface area contributed by atoms with Gasteiger partial charge in [0.2, 0.25) is 0 Å². The predicted octanol–water partition coefficient (Wildman–Crippen LogP) is 3.22. The van der Waals surface area contributed by atoms with Crippen molar-refractivity contribution in [3.05, 3.63) is 84.4 Å². The maximum absolute atomic E-state index is 13.1. The van der Waals surface area contributed by atoms with Crippen molar-refractivity contribution in [2.75, 3.05) is 19.8 Å². The van der Waals surface area contributed by atoms with E-state index in [1.807, 2.05) is 36.4 Å². The first-order valence-electron chi connectivity index (χ1n) is 8.94. The van der Waals surface area contributed by atoms with Crippen molar-refractivity contribution in [1.82, 2.24) is 4.90 Å². The molecule has 0 spiro atoms. The molecule has 1 aliphatic rings. The van der Waals surface area contributed by atoms with E-state index in [2.05, 4.69) is 6.58 Å². The van der Waals surface area contributed by atoms with E-state index >= 15 is 0 Å². The van der Waals surface area contributed by atoms with Gasteiger partial charge in [-0.15, -0.1) is 6.58 Å². The average Bonchev–Trinajstić information content (AvgIpc) is 2.71. The second kappa shape index (κ2) is 8.75. The number of hydrogen-bond donors (Lipinski definition) is 0. The Morgan fingerprint density at radius 1 is 1.15 bits per heavy atom. The molecular formula is C22H23NO4. The quantitative estimate of drug-likeness (QED) is 0.558. The third-order valence-electron chi connectivity index (χ3n) is 4.51. The van der Waals surface area contributed by atoms with E-state index < -0.39 is 5.60 Å². The smallest absolute Gasteiger partial charge is 0.264 e. The minimum Gasteiger partial charge on any atom is -0.373 e. The minimum atomic E-state index is -1.22. The Morgan fingerprint density at radius 2 is 1.81 bits per heavy atom.